The Morgan fingerprint density at radius 1 is 1.12 bits per heavy atom. The Morgan fingerprint density at radius 3 is 2.54 bits per heavy atom. The van der Waals surface area contributed by atoms with Crippen LogP contribution in [0.5, 0.6) is 5.75 Å². The minimum atomic E-state index is -0.271. The SMILES string of the molecule is Cc1cccc(NC(=S)NC(=O)c2cccc(OC(C)C)c2)c1C. The molecule has 1 amide bonds. The van der Waals surface area contributed by atoms with E-state index < -0.39 is 0 Å². The van der Waals surface area contributed by atoms with Crippen molar-refractivity contribution in [3.8, 4) is 5.75 Å². The van der Waals surface area contributed by atoms with Crippen LogP contribution in [-0.4, -0.2) is 17.1 Å². The van der Waals surface area contributed by atoms with Crippen LogP contribution in [0, 0.1) is 13.8 Å². The van der Waals surface area contributed by atoms with E-state index in [1.54, 1.807) is 18.2 Å². The Labute approximate surface area is 148 Å². The first kappa shape index (κ1) is 17.9. The molecule has 0 atom stereocenters. The number of rotatable bonds is 4. The quantitative estimate of drug-likeness (QED) is 0.817. The highest BCUT2D eigenvalue weighted by Crippen LogP contribution is 2.18. The van der Waals surface area contributed by atoms with Crippen LogP contribution in [0.25, 0.3) is 0 Å². The lowest BCUT2D eigenvalue weighted by Crippen LogP contribution is -2.34. The van der Waals surface area contributed by atoms with Gasteiger partial charge in [0.1, 0.15) is 5.75 Å². The molecule has 2 N–H and O–H groups in total. The van der Waals surface area contributed by atoms with Gasteiger partial charge in [0.2, 0.25) is 0 Å². The van der Waals surface area contributed by atoms with Gasteiger partial charge in [-0.05, 0) is 75.3 Å². The largest absolute Gasteiger partial charge is 0.491 e. The van der Waals surface area contributed by atoms with E-state index in [2.05, 4.69) is 10.6 Å². The van der Waals surface area contributed by atoms with Crippen molar-refractivity contribution in [2.24, 2.45) is 0 Å². The zero-order valence-electron chi connectivity index (χ0n) is 14.3. The fourth-order valence-electron chi connectivity index (χ4n) is 2.20. The summed E-state index contributed by atoms with van der Waals surface area (Å²) < 4.78 is 5.61. The number of ether oxygens (including phenoxy) is 1. The molecule has 2 aromatic rings. The highest BCUT2D eigenvalue weighted by atomic mass is 32.1. The Morgan fingerprint density at radius 2 is 1.83 bits per heavy atom. The molecule has 2 rings (SSSR count). The molecule has 0 bridgehead atoms. The van der Waals surface area contributed by atoms with Gasteiger partial charge in [-0.3, -0.25) is 10.1 Å². The molecule has 0 aliphatic heterocycles. The summed E-state index contributed by atoms with van der Waals surface area (Å²) in [5.41, 5.74) is 3.64. The lowest BCUT2D eigenvalue weighted by atomic mass is 10.1. The van der Waals surface area contributed by atoms with E-state index in [-0.39, 0.29) is 17.1 Å². The van der Waals surface area contributed by atoms with E-state index in [1.807, 2.05) is 52.0 Å². The maximum atomic E-state index is 12.3. The molecule has 5 heteroatoms. The van der Waals surface area contributed by atoms with Gasteiger partial charge in [0, 0.05) is 11.3 Å². The number of carbonyl (C=O) groups is 1. The summed E-state index contributed by atoms with van der Waals surface area (Å²) in [6, 6.07) is 12.9. The van der Waals surface area contributed by atoms with Gasteiger partial charge in [0.15, 0.2) is 5.11 Å². The summed E-state index contributed by atoms with van der Waals surface area (Å²) in [5.74, 6) is 0.387. The smallest absolute Gasteiger partial charge is 0.257 e. The van der Waals surface area contributed by atoms with Gasteiger partial charge < -0.3 is 10.1 Å². The second kappa shape index (κ2) is 7.93. The van der Waals surface area contributed by atoms with Crippen LogP contribution in [0.3, 0.4) is 0 Å². The molecule has 0 spiro atoms. The summed E-state index contributed by atoms with van der Waals surface area (Å²) in [4.78, 5) is 12.3. The van der Waals surface area contributed by atoms with Crippen LogP contribution >= 0.6 is 12.2 Å². The van der Waals surface area contributed by atoms with Crippen LogP contribution in [0.2, 0.25) is 0 Å². The van der Waals surface area contributed by atoms with Crippen LogP contribution in [-0.2, 0) is 0 Å². The van der Waals surface area contributed by atoms with Crippen molar-refractivity contribution in [2.75, 3.05) is 5.32 Å². The third-order valence-electron chi connectivity index (χ3n) is 3.55. The summed E-state index contributed by atoms with van der Waals surface area (Å²) in [5, 5.41) is 6.03. The van der Waals surface area contributed by atoms with Gasteiger partial charge in [0.05, 0.1) is 6.10 Å². The summed E-state index contributed by atoms with van der Waals surface area (Å²) in [6.07, 6.45) is 0.0512. The lowest BCUT2D eigenvalue weighted by Gasteiger charge is -2.14. The molecule has 2 aromatic carbocycles. The Bertz CT molecular complexity index is 757. The zero-order chi connectivity index (χ0) is 17.7. The summed E-state index contributed by atoms with van der Waals surface area (Å²) >= 11 is 5.24. The molecule has 0 aromatic heterocycles. The molecule has 0 unspecified atom stereocenters. The van der Waals surface area contributed by atoms with Gasteiger partial charge in [0.25, 0.3) is 5.91 Å². The second-order valence-electron chi connectivity index (χ2n) is 5.85. The van der Waals surface area contributed by atoms with Gasteiger partial charge in [-0.25, -0.2) is 0 Å². The van der Waals surface area contributed by atoms with Crippen molar-refractivity contribution in [1.82, 2.24) is 5.32 Å². The van der Waals surface area contributed by atoms with Crippen molar-refractivity contribution in [3.63, 3.8) is 0 Å². The Hall–Kier alpha value is -2.40. The van der Waals surface area contributed by atoms with Crippen molar-refractivity contribution in [1.29, 1.82) is 0 Å². The first-order chi connectivity index (χ1) is 11.4. The minimum Gasteiger partial charge on any atom is -0.491 e. The number of hydrogen-bond donors (Lipinski definition) is 2. The third-order valence-corrected chi connectivity index (χ3v) is 3.75. The molecule has 0 radical (unpaired) electrons. The summed E-state index contributed by atoms with van der Waals surface area (Å²) in [7, 11) is 0. The fraction of sp³-hybridized carbons (Fsp3) is 0.263. The highest BCUT2D eigenvalue weighted by Gasteiger charge is 2.10. The number of hydrogen-bond acceptors (Lipinski definition) is 3. The van der Waals surface area contributed by atoms with Crippen LogP contribution in [0.1, 0.15) is 35.3 Å². The molecular weight excluding hydrogens is 320 g/mol. The first-order valence-corrected chi connectivity index (χ1v) is 8.23. The molecule has 0 aliphatic rings. The Kier molecular flexibility index (Phi) is 5.93. The van der Waals surface area contributed by atoms with Crippen molar-refractivity contribution in [3.05, 3.63) is 59.2 Å². The molecule has 0 heterocycles. The molecule has 0 aliphatic carbocycles. The van der Waals surface area contributed by atoms with E-state index in [4.69, 9.17) is 17.0 Å². The summed E-state index contributed by atoms with van der Waals surface area (Å²) in [6.45, 7) is 7.92. The van der Waals surface area contributed by atoms with E-state index in [0.717, 1.165) is 16.8 Å². The van der Waals surface area contributed by atoms with Crippen molar-refractivity contribution in [2.45, 2.75) is 33.8 Å². The van der Waals surface area contributed by atoms with Crippen molar-refractivity contribution < 1.29 is 9.53 Å². The number of aryl methyl sites for hydroxylation is 1. The predicted molar refractivity (Wildman–Crippen MR) is 102 cm³/mol. The number of anilines is 1. The van der Waals surface area contributed by atoms with E-state index in [9.17, 15) is 4.79 Å². The molecular formula is C19H22N2O2S. The van der Waals surface area contributed by atoms with Gasteiger partial charge in [-0.1, -0.05) is 18.2 Å². The average molecular weight is 342 g/mol. The van der Waals surface area contributed by atoms with E-state index in [1.165, 1.54) is 0 Å². The monoisotopic (exact) mass is 342 g/mol. The van der Waals surface area contributed by atoms with Crippen LogP contribution < -0.4 is 15.4 Å². The fourth-order valence-corrected chi connectivity index (χ4v) is 2.40. The normalized spacial score (nSPS) is 10.4. The number of amides is 1. The predicted octanol–water partition coefficient (Wildman–Crippen LogP) is 4.22. The number of nitrogens with one attached hydrogen (secondary N) is 2. The Balaban J connectivity index is 2.04. The first-order valence-electron chi connectivity index (χ1n) is 7.82. The molecule has 0 saturated carbocycles. The third kappa shape index (κ3) is 4.80. The minimum absolute atomic E-state index is 0.0512. The maximum absolute atomic E-state index is 12.3. The molecule has 24 heavy (non-hydrogen) atoms. The van der Waals surface area contributed by atoms with Crippen molar-refractivity contribution >= 4 is 28.9 Å². The molecule has 4 nitrogen and oxygen atoms in total. The van der Waals surface area contributed by atoms with Gasteiger partial charge in [-0.2, -0.15) is 0 Å². The standard InChI is InChI=1S/C19H22N2O2S/c1-12(2)23-16-9-6-8-15(11-16)18(22)21-19(24)20-17-10-5-7-13(3)14(17)4/h5-12H,1-4H3,(H2,20,21,22,24). The number of benzene rings is 2. The van der Waals surface area contributed by atoms with Gasteiger partial charge in [-0.15, -0.1) is 0 Å². The average Bonchev–Trinajstić information content (AvgIpc) is 2.51. The van der Waals surface area contributed by atoms with E-state index >= 15 is 0 Å². The number of carbonyl (C=O) groups excluding carboxylic acids is 1. The molecule has 0 saturated heterocycles. The molecule has 126 valence electrons. The highest BCUT2D eigenvalue weighted by molar-refractivity contribution is 7.80. The van der Waals surface area contributed by atoms with Gasteiger partial charge >= 0.3 is 0 Å². The zero-order valence-corrected chi connectivity index (χ0v) is 15.2. The maximum Gasteiger partial charge on any atom is 0.257 e. The van der Waals surface area contributed by atoms with Crippen LogP contribution in [0.15, 0.2) is 42.5 Å². The van der Waals surface area contributed by atoms with E-state index in [0.29, 0.717) is 11.3 Å². The number of thiocarbonyl (C=S) groups is 1. The van der Waals surface area contributed by atoms with Crippen LogP contribution in [0.4, 0.5) is 5.69 Å². The second-order valence-corrected chi connectivity index (χ2v) is 6.26. The molecule has 0 fully saturated rings. The topological polar surface area (TPSA) is 50.4 Å². The lowest BCUT2D eigenvalue weighted by molar-refractivity contribution is 0.0977.